The molecule has 0 spiro atoms. The van der Waals surface area contributed by atoms with Crippen molar-refractivity contribution in [2.45, 2.75) is 13.0 Å². The maximum absolute atomic E-state index is 10.3. The van der Waals surface area contributed by atoms with Crippen LogP contribution >= 0.6 is 0 Å². The largest absolute Gasteiger partial charge is 0.389 e. The molecule has 72 valence electrons. The van der Waals surface area contributed by atoms with E-state index in [1.807, 2.05) is 0 Å². The van der Waals surface area contributed by atoms with Crippen LogP contribution in [0.3, 0.4) is 0 Å². The minimum atomic E-state index is -2.37. The first kappa shape index (κ1) is 11.5. The van der Waals surface area contributed by atoms with E-state index >= 15 is 0 Å². The topological polar surface area (TPSA) is 95.9 Å². The van der Waals surface area contributed by atoms with E-state index in [1.54, 1.807) is 0 Å². The normalized spacial score (nSPS) is 15.2. The van der Waals surface area contributed by atoms with Crippen LogP contribution in [0.1, 0.15) is 6.92 Å². The van der Waals surface area contributed by atoms with Crippen molar-refractivity contribution in [2.75, 3.05) is 13.2 Å². The lowest BCUT2D eigenvalue weighted by atomic mass is 10.4. The van der Waals surface area contributed by atoms with Gasteiger partial charge in [0, 0.05) is 13.5 Å². The summed E-state index contributed by atoms with van der Waals surface area (Å²) in [4.78, 5) is 10.3. The van der Waals surface area contributed by atoms with Gasteiger partial charge in [-0.25, -0.2) is 0 Å². The van der Waals surface area contributed by atoms with Crippen LogP contribution in [-0.4, -0.2) is 39.0 Å². The molecule has 2 atom stereocenters. The van der Waals surface area contributed by atoms with Gasteiger partial charge in [-0.2, -0.15) is 4.21 Å². The molecule has 1 amide bonds. The van der Waals surface area contributed by atoms with Crippen molar-refractivity contribution in [3.05, 3.63) is 0 Å². The fraction of sp³-hybridized carbons (Fsp3) is 0.800. The molecular weight excluding hydrogens is 186 g/mol. The van der Waals surface area contributed by atoms with Crippen LogP contribution in [0.4, 0.5) is 0 Å². The summed E-state index contributed by atoms with van der Waals surface area (Å²) in [6.45, 7) is 1.02. The first-order valence-electron chi connectivity index (χ1n) is 3.19. The lowest BCUT2D eigenvalue weighted by Gasteiger charge is -2.08. The summed E-state index contributed by atoms with van der Waals surface area (Å²) in [5.41, 5.74) is 0. The highest BCUT2D eigenvalue weighted by atomic mass is 32.2. The minimum absolute atomic E-state index is 0.00648. The van der Waals surface area contributed by atoms with E-state index in [-0.39, 0.29) is 19.1 Å². The van der Waals surface area contributed by atoms with Gasteiger partial charge in [-0.3, -0.25) is 13.5 Å². The van der Waals surface area contributed by atoms with E-state index in [1.165, 1.54) is 6.92 Å². The molecule has 6 nitrogen and oxygen atoms in total. The molecule has 3 N–H and O–H groups in total. The average Bonchev–Trinajstić information content (AvgIpc) is 1.96. The second-order valence-corrected chi connectivity index (χ2v) is 2.76. The van der Waals surface area contributed by atoms with E-state index in [0.717, 1.165) is 0 Å². The molecule has 0 aromatic carbocycles. The second kappa shape index (κ2) is 6.06. The molecule has 0 aromatic heterocycles. The molecule has 0 radical (unpaired) electrons. The molecule has 0 saturated heterocycles. The first-order chi connectivity index (χ1) is 5.52. The van der Waals surface area contributed by atoms with Crippen molar-refractivity contribution in [2.24, 2.45) is 0 Å². The molecule has 0 fully saturated rings. The van der Waals surface area contributed by atoms with E-state index in [9.17, 15) is 9.00 Å². The molecule has 0 aromatic rings. The maximum Gasteiger partial charge on any atom is 0.301 e. The Bertz CT molecular complexity index is 155. The van der Waals surface area contributed by atoms with Crippen molar-refractivity contribution >= 4 is 17.3 Å². The van der Waals surface area contributed by atoms with E-state index in [2.05, 4.69) is 9.50 Å². The van der Waals surface area contributed by atoms with Gasteiger partial charge in [0.2, 0.25) is 5.91 Å². The molecule has 0 saturated carbocycles. The molecule has 12 heavy (non-hydrogen) atoms. The average molecular weight is 197 g/mol. The highest BCUT2D eigenvalue weighted by Crippen LogP contribution is 1.85. The summed E-state index contributed by atoms with van der Waals surface area (Å²) >= 11 is -2.37. The molecule has 0 heterocycles. The number of aliphatic hydroxyl groups is 1. The molecule has 0 aliphatic rings. The van der Waals surface area contributed by atoms with Crippen LogP contribution in [0.2, 0.25) is 0 Å². The molecular formula is C5H11NO5S. The van der Waals surface area contributed by atoms with Gasteiger partial charge in [-0.1, -0.05) is 0 Å². The van der Waals surface area contributed by atoms with E-state index < -0.39 is 17.5 Å². The number of nitrogens with one attached hydrogen (secondary N) is 1. The molecule has 2 unspecified atom stereocenters. The summed E-state index contributed by atoms with van der Waals surface area (Å²) < 4.78 is 22.2. The number of rotatable bonds is 5. The second-order valence-electron chi connectivity index (χ2n) is 2.09. The van der Waals surface area contributed by atoms with Crippen LogP contribution in [0, 0.1) is 0 Å². The molecule has 0 rings (SSSR count). The number of carbonyl (C=O) groups is 1. The van der Waals surface area contributed by atoms with Crippen molar-refractivity contribution in [1.29, 1.82) is 0 Å². The SMILES string of the molecule is CC(=O)NCC(O)COS(=O)O. The lowest BCUT2D eigenvalue weighted by Crippen LogP contribution is -2.33. The monoisotopic (exact) mass is 197 g/mol. The van der Waals surface area contributed by atoms with Crippen LogP contribution in [-0.2, 0) is 20.3 Å². The van der Waals surface area contributed by atoms with Crippen molar-refractivity contribution in [3.63, 3.8) is 0 Å². The predicted octanol–water partition coefficient (Wildman–Crippen LogP) is -1.36. The summed E-state index contributed by atoms with van der Waals surface area (Å²) in [5.74, 6) is -0.279. The summed E-state index contributed by atoms with van der Waals surface area (Å²) in [5, 5.41) is 11.3. The molecule has 0 aliphatic heterocycles. The van der Waals surface area contributed by atoms with Crippen molar-refractivity contribution in [1.82, 2.24) is 5.32 Å². The third-order valence-corrected chi connectivity index (χ3v) is 1.29. The van der Waals surface area contributed by atoms with Crippen LogP contribution in [0.25, 0.3) is 0 Å². The molecule has 7 heteroatoms. The predicted molar refractivity (Wildman–Crippen MR) is 41.4 cm³/mol. The minimum Gasteiger partial charge on any atom is -0.389 e. The Balaban J connectivity index is 3.39. The van der Waals surface area contributed by atoms with Gasteiger partial charge in [0.25, 0.3) is 0 Å². The van der Waals surface area contributed by atoms with Gasteiger partial charge >= 0.3 is 11.4 Å². The zero-order valence-corrected chi connectivity index (χ0v) is 7.34. The smallest absolute Gasteiger partial charge is 0.301 e. The summed E-state index contributed by atoms with van der Waals surface area (Å²) in [6.07, 6.45) is -0.968. The number of hydrogen-bond acceptors (Lipinski definition) is 4. The van der Waals surface area contributed by atoms with E-state index in [4.69, 9.17) is 9.66 Å². The number of carbonyl (C=O) groups excluding carboxylic acids is 1. The number of aliphatic hydroxyl groups excluding tert-OH is 1. The van der Waals surface area contributed by atoms with Gasteiger partial charge < -0.3 is 10.4 Å². The van der Waals surface area contributed by atoms with Crippen LogP contribution in [0.5, 0.6) is 0 Å². The van der Waals surface area contributed by atoms with Gasteiger partial charge in [-0.05, 0) is 0 Å². The van der Waals surface area contributed by atoms with Gasteiger partial charge in [0.1, 0.15) is 0 Å². The Kier molecular flexibility index (Phi) is 5.81. The van der Waals surface area contributed by atoms with Gasteiger partial charge in [0.15, 0.2) is 0 Å². The lowest BCUT2D eigenvalue weighted by molar-refractivity contribution is -0.119. The fourth-order valence-electron chi connectivity index (χ4n) is 0.457. The fourth-order valence-corrected chi connectivity index (χ4v) is 0.731. The summed E-state index contributed by atoms with van der Waals surface area (Å²) in [7, 11) is 0. The standard InChI is InChI=1S/C5H11NO5S/c1-4(7)6-2-5(8)3-11-12(9)10/h5,8H,2-3H2,1H3,(H,6,7)(H,9,10). The third-order valence-electron chi connectivity index (χ3n) is 0.948. The number of amides is 1. The highest BCUT2D eigenvalue weighted by molar-refractivity contribution is 7.74. The van der Waals surface area contributed by atoms with E-state index in [0.29, 0.717) is 0 Å². The highest BCUT2D eigenvalue weighted by Gasteiger charge is 2.06. The molecule has 0 aliphatic carbocycles. The molecule has 0 bridgehead atoms. The van der Waals surface area contributed by atoms with Gasteiger partial charge in [0.05, 0.1) is 12.7 Å². The maximum atomic E-state index is 10.3. The Morgan fingerprint density at radius 3 is 2.75 bits per heavy atom. The van der Waals surface area contributed by atoms with Crippen molar-refractivity contribution in [3.8, 4) is 0 Å². The van der Waals surface area contributed by atoms with Crippen molar-refractivity contribution < 1.29 is 22.8 Å². The first-order valence-corrected chi connectivity index (χ1v) is 4.22. The summed E-state index contributed by atoms with van der Waals surface area (Å²) in [6, 6.07) is 0. The zero-order chi connectivity index (χ0) is 9.56. The Hall–Kier alpha value is -0.500. The van der Waals surface area contributed by atoms with Gasteiger partial charge in [-0.15, -0.1) is 0 Å². The number of hydrogen-bond donors (Lipinski definition) is 3. The zero-order valence-electron chi connectivity index (χ0n) is 6.52. The Morgan fingerprint density at radius 2 is 2.33 bits per heavy atom. The Morgan fingerprint density at radius 1 is 1.75 bits per heavy atom. The third kappa shape index (κ3) is 7.61. The van der Waals surface area contributed by atoms with Crippen LogP contribution < -0.4 is 5.32 Å². The van der Waals surface area contributed by atoms with Crippen LogP contribution in [0.15, 0.2) is 0 Å². The Labute approximate surface area is 72.4 Å². The quantitative estimate of drug-likeness (QED) is 0.473.